The maximum absolute atomic E-state index is 13.0. The van der Waals surface area contributed by atoms with Crippen LogP contribution in [0, 0.1) is 28.4 Å². The number of nitrogens with one attached hydrogen (secondary N) is 1. The van der Waals surface area contributed by atoms with Crippen molar-refractivity contribution in [2.24, 2.45) is 5.10 Å². The van der Waals surface area contributed by atoms with Crippen LogP contribution in [0.3, 0.4) is 0 Å². The summed E-state index contributed by atoms with van der Waals surface area (Å²) in [6.45, 7) is 1.76. The summed E-state index contributed by atoms with van der Waals surface area (Å²) in [4.78, 5) is 35.8. The Balaban J connectivity index is 1.26. The standard InChI is InChI=1S/C31H24N4O6/c1-19-29-26(33-34-28(36)17-20-7-13-24(14-8-20)35(38)39)3-2-4-27(29)41-30(19)31(37)40-25-15-11-23(12-16-25)22-9-5-21(18-32)6-10-22/h5-16H,2-4,17H2,1H3,(H,34,36)/b33-26+. The maximum atomic E-state index is 13.0. The average molecular weight is 549 g/mol. The minimum Gasteiger partial charge on any atom is -0.453 e. The highest BCUT2D eigenvalue weighted by Crippen LogP contribution is 2.31. The average Bonchev–Trinajstić information content (AvgIpc) is 3.34. The van der Waals surface area contributed by atoms with Gasteiger partial charge in [-0.15, -0.1) is 0 Å². The summed E-state index contributed by atoms with van der Waals surface area (Å²) in [5.74, 6) is 0.0417. The molecule has 0 spiro atoms. The molecular formula is C31H24N4O6. The first-order chi connectivity index (χ1) is 19.8. The van der Waals surface area contributed by atoms with Crippen LogP contribution in [-0.4, -0.2) is 22.5 Å². The Kier molecular flexibility index (Phi) is 7.69. The first kappa shape index (κ1) is 27.0. The van der Waals surface area contributed by atoms with Gasteiger partial charge in [0.1, 0.15) is 11.5 Å². The van der Waals surface area contributed by atoms with Gasteiger partial charge in [-0.3, -0.25) is 14.9 Å². The van der Waals surface area contributed by atoms with Crippen molar-refractivity contribution in [1.29, 1.82) is 5.26 Å². The summed E-state index contributed by atoms with van der Waals surface area (Å²) in [5.41, 5.74) is 7.43. The number of non-ortho nitro benzene ring substituents is 1. The zero-order valence-electron chi connectivity index (χ0n) is 22.0. The molecule has 0 radical (unpaired) electrons. The highest BCUT2D eigenvalue weighted by Gasteiger charge is 2.29. The third kappa shape index (κ3) is 6.04. The first-order valence-corrected chi connectivity index (χ1v) is 12.9. The lowest BCUT2D eigenvalue weighted by molar-refractivity contribution is -0.384. The molecule has 5 rings (SSSR count). The first-order valence-electron chi connectivity index (χ1n) is 12.9. The van der Waals surface area contributed by atoms with Crippen LogP contribution in [0.25, 0.3) is 11.1 Å². The number of carbonyl (C=O) groups excluding carboxylic acids is 2. The molecule has 1 aromatic heterocycles. The number of benzene rings is 3. The molecule has 3 aromatic carbocycles. The molecule has 10 nitrogen and oxygen atoms in total. The van der Waals surface area contributed by atoms with E-state index >= 15 is 0 Å². The monoisotopic (exact) mass is 548 g/mol. The SMILES string of the molecule is Cc1c(C(=O)Oc2ccc(-c3ccc(C#N)cc3)cc2)oc2c1/C(=N/NC(=O)Cc1ccc([N+](=O)[O-])cc1)CCC2. The molecule has 0 aliphatic heterocycles. The lowest BCUT2D eigenvalue weighted by Crippen LogP contribution is -2.23. The molecule has 1 aliphatic carbocycles. The van der Waals surface area contributed by atoms with E-state index < -0.39 is 10.9 Å². The van der Waals surface area contributed by atoms with Gasteiger partial charge < -0.3 is 9.15 Å². The quantitative estimate of drug-likeness (QED) is 0.136. The van der Waals surface area contributed by atoms with Crippen molar-refractivity contribution in [1.82, 2.24) is 5.43 Å². The molecule has 0 atom stereocenters. The van der Waals surface area contributed by atoms with Crippen molar-refractivity contribution in [2.45, 2.75) is 32.6 Å². The highest BCUT2D eigenvalue weighted by atomic mass is 16.6. The van der Waals surface area contributed by atoms with E-state index in [1.54, 1.807) is 31.2 Å². The molecule has 204 valence electrons. The second-order valence-corrected chi connectivity index (χ2v) is 9.50. The van der Waals surface area contributed by atoms with E-state index in [1.807, 2.05) is 24.3 Å². The summed E-state index contributed by atoms with van der Waals surface area (Å²) in [5, 5.41) is 24.1. The lowest BCUT2D eigenvalue weighted by Gasteiger charge is -2.13. The highest BCUT2D eigenvalue weighted by molar-refractivity contribution is 6.06. The van der Waals surface area contributed by atoms with E-state index in [9.17, 15) is 19.7 Å². The second kappa shape index (κ2) is 11.7. The number of nitro groups is 1. The van der Waals surface area contributed by atoms with Crippen LogP contribution in [0.15, 0.2) is 82.3 Å². The molecule has 0 saturated heterocycles. The van der Waals surface area contributed by atoms with Crippen LogP contribution in [0.5, 0.6) is 5.75 Å². The molecule has 10 heteroatoms. The Bertz CT molecular complexity index is 1700. The number of hydrazone groups is 1. The third-order valence-corrected chi connectivity index (χ3v) is 6.75. The van der Waals surface area contributed by atoms with Crippen LogP contribution < -0.4 is 10.2 Å². The van der Waals surface area contributed by atoms with E-state index in [4.69, 9.17) is 14.4 Å². The van der Waals surface area contributed by atoms with Crippen LogP contribution in [0.4, 0.5) is 5.69 Å². The fourth-order valence-corrected chi connectivity index (χ4v) is 4.67. The van der Waals surface area contributed by atoms with Crippen molar-refractivity contribution < 1.29 is 23.7 Å². The Morgan fingerprint density at radius 3 is 2.32 bits per heavy atom. The second-order valence-electron chi connectivity index (χ2n) is 9.50. The van der Waals surface area contributed by atoms with Crippen molar-refractivity contribution >= 4 is 23.3 Å². The van der Waals surface area contributed by atoms with Gasteiger partial charge in [0, 0.05) is 29.7 Å². The van der Waals surface area contributed by atoms with Crippen LogP contribution in [0.2, 0.25) is 0 Å². The van der Waals surface area contributed by atoms with Gasteiger partial charge in [0.05, 0.1) is 28.7 Å². The number of furan rings is 1. The minimum absolute atomic E-state index is 0.00748. The van der Waals surface area contributed by atoms with Gasteiger partial charge in [-0.05, 0) is 60.7 Å². The third-order valence-electron chi connectivity index (χ3n) is 6.75. The molecule has 1 N–H and O–H groups in total. The Labute approximate surface area is 235 Å². The summed E-state index contributed by atoms with van der Waals surface area (Å²) in [7, 11) is 0. The van der Waals surface area contributed by atoms with Gasteiger partial charge in [0.25, 0.3) is 5.69 Å². The van der Waals surface area contributed by atoms with E-state index in [0.717, 1.165) is 17.5 Å². The van der Waals surface area contributed by atoms with Crippen molar-refractivity contribution in [3.8, 4) is 22.9 Å². The Morgan fingerprint density at radius 1 is 1.02 bits per heavy atom. The molecule has 0 saturated carbocycles. The van der Waals surface area contributed by atoms with E-state index in [0.29, 0.717) is 52.3 Å². The predicted octanol–water partition coefficient (Wildman–Crippen LogP) is 5.65. The maximum Gasteiger partial charge on any atom is 0.379 e. The predicted molar refractivity (Wildman–Crippen MR) is 149 cm³/mol. The summed E-state index contributed by atoms with van der Waals surface area (Å²) >= 11 is 0. The van der Waals surface area contributed by atoms with Crippen LogP contribution in [-0.2, 0) is 17.6 Å². The lowest BCUT2D eigenvalue weighted by atomic mass is 9.93. The summed E-state index contributed by atoms with van der Waals surface area (Å²) in [6.07, 6.45) is 1.96. The zero-order valence-corrected chi connectivity index (χ0v) is 22.0. The molecule has 4 aromatic rings. The van der Waals surface area contributed by atoms with Crippen molar-refractivity contribution in [2.75, 3.05) is 0 Å². The number of hydrogen-bond acceptors (Lipinski definition) is 8. The van der Waals surface area contributed by atoms with Gasteiger partial charge in [0.2, 0.25) is 11.7 Å². The van der Waals surface area contributed by atoms with Crippen LogP contribution in [0.1, 0.15) is 51.4 Å². The topological polar surface area (TPSA) is 148 Å². The molecule has 41 heavy (non-hydrogen) atoms. The largest absolute Gasteiger partial charge is 0.453 e. The number of nitrogens with zero attached hydrogens (tertiary/aromatic N) is 3. The molecule has 0 fully saturated rings. The number of nitro benzene ring substituents is 1. The normalized spacial score (nSPS) is 13.2. The number of aryl methyl sites for hydroxylation is 1. The molecule has 1 amide bonds. The molecule has 1 aliphatic rings. The van der Waals surface area contributed by atoms with E-state index in [-0.39, 0.29) is 23.8 Å². The van der Waals surface area contributed by atoms with Gasteiger partial charge in [-0.25, -0.2) is 10.2 Å². The van der Waals surface area contributed by atoms with Crippen LogP contribution >= 0.6 is 0 Å². The van der Waals surface area contributed by atoms with E-state index in [2.05, 4.69) is 16.6 Å². The summed E-state index contributed by atoms with van der Waals surface area (Å²) < 4.78 is 11.5. The Morgan fingerprint density at radius 2 is 1.68 bits per heavy atom. The van der Waals surface area contributed by atoms with Crippen molar-refractivity contribution in [3.63, 3.8) is 0 Å². The summed E-state index contributed by atoms with van der Waals surface area (Å²) in [6, 6.07) is 22.1. The van der Waals surface area contributed by atoms with Gasteiger partial charge >= 0.3 is 5.97 Å². The number of fused-ring (bicyclic) bond motifs is 1. The molecule has 0 bridgehead atoms. The number of ether oxygens (including phenoxy) is 1. The number of rotatable bonds is 7. The fraction of sp³-hybridized carbons (Fsp3) is 0.161. The van der Waals surface area contributed by atoms with Gasteiger partial charge in [-0.1, -0.05) is 36.4 Å². The molecule has 1 heterocycles. The van der Waals surface area contributed by atoms with E-state index in [1.165, 1.54) is 24.3 Å². The number of amides is 1. The number of esters is 1. The number of nitriles is 1. The smallest absolute Gasteiger partial charge is 0.379 e. The fourth-order valence-electron chi connectivity index (χ4n) is 4.67. The molecule has 0 unspecified atom stereocenters. The van der Waals surface area contributed by atoms with Crippen molar-refractivity contribution in [3.05, 3.63) is 117 Å². The minimum atomic E-state index is -0.635. The van der Waals surface area contributed by atoms with Gasteiger partial charge in [0.15, 0.2) is 0 Å². The molecular weight excluding hydrogens is 524 g/mol. The number of carbonyl (C=O) groups is 2. The zero-order chi connectivity index (χ0) is 28.9. The van der Waals surface area contributed by atoms with Gasteiger partial charge in [-0.2, -0.15) is 10.4 Å². The number of hydrogen-bond donors (Lipinski definition) is 1. The Hall–Kier alpha value is -5.56.